The molecule has 0 aliphatic carbocycles. The van der Waals surface area contributed by atoms with Crippen LogP contribution in [0.5, 0.6) is 0 Å². The summed E-state index contributed by atoms with van der Waals surface area (Å²) in [5, 5.41) is 5.52. The highest BCUT2D eigenvalue weighted by Crippen LogP contribution is 2.21. The fourth-order valence-electron chi connectivity index (χ4n) is 3.43. The van der Waals surface area contributed by atoms with Gasteiger partial charge in [-0.15, -0.1) is 0 Å². The number of nitrogens with two attached hydrogens (primary N) is 1. The molecule has 1 aliphatic heterocycles. The second-order valence-corrected chi connectivity index (χ2v) is 8.58. The number of likely N-dealkylation sites (tertiary alicyclic amines) is 1. The van der Waals surface area contributed by atoms with Crippen LogP contribution in [0.3, 0.4) is 0 Å². The summed E-state index contributed by atoms with van der Waals surface area (Å²) in [6.07, 6.45) is 4.31. The average molecular weight is 411 g/mol. The molecular weight excluding hydrogens is 372 g/mol. The minimum absolute atomic E-state index is 0.0330. The minimum atomic E-state index is -0.740. The van der Waals surface area contributed by atoms with Crippen LogP contribution in [0.4, 0.5) is 0 Å². The summed E-state index contributed by atoms with van der Waals surface area (Å²) in [7, 11) is 0. The molecule has 0 radical (unpaired) electrons. The molecule has 8 nitrogen and oxygen atoms in total. The van der Waals surface area contributed by atoms with Crippen molar-refractivity contribution >= 4 is 24.0 Å². The van der Waals surface area contributed by atoms with Crippen LogP contribution in [0.25, 0.3) is 0 Å². The summed E-state index contributed by atoms with van der Waals surface area (Å²) < 4.78 is 0. The Balaban J connectivity index is 2.86. The zero-order chi connectivity index (χ0) is 22.1. The molecule has 1 rings (SSSR count). The quantitative estimate of drug-likeness (QED) is 0.438. The molecule has 1 aliphatic rings. The maximum atomic E-state index is 13.2. The largest absolute Gasteiger partial charge is 0.345 e. The SMILES string of the molecule is CCCC[C@H](N)C(=O)N[C@H](C(=O)N1CCC[C@H]1C(=O)N[C@H](C=O)C(C)C)C(C)C. The van der Waals surface area contributed by atoms with E-state index >= 15 is 0 Å². The van der Waals surface area contributed by atoms with E-state index in [4.69, 9.17) is 5.73 Å². The molecule has 4 atom stereocenters. The van der Waals surface area contributed by atoms with Gasteiger partial charge in [-0.25, -0.2) is 0 Å². The van der Waals surface area contributed by atoms with Crippen molar-refractivity contribution in [2.45, 2.75) is 90.9 Å². The lowest BCUT2D eigenvalue weighted by molar-refractivity contribution is -0.143. The van der Waals surface area contributed by atoms with Crippen molar-refractivity contribution in [2.24, 2.45) is 17.6 Å². The molecule has 4 N–H and O–H groups in total. The first-order chi connectivity index (χ1) is 13.6. The number of carbonyl (C=O) groups excluding carboxylic acids is 4. The molecule has 0 spiro atoms. The van der Waals surface area contributed by atoms with Gasteiger partial charge in [-0.3, -0.25) is 14.4 Å². The normalized spacial score (nSPS) is 19.7. The van der Waals surface area contributed by atoms with Crippen LogP contribution in [0.1, 0.15) is 66.7 Å². The molecule has 0 bridgehead atoms. The predicted octanol–water partition coefficient (Wildman–Crippen LogP) is 0.975. The number of carbonyl (C=O) groups is 4. The van der Waals surface area contributed by atoms with E-state index in [-0.39, 0.29) is 29.6 Å². The molecule has 0 saturated carbocycles. The summed E-state index contributed by atoms with van der Waals surface area (Å²) in [4.78, 5) is 51.1. The highest BCUT2D eigenvalue weighted by molar-refractivity contribution is 5.94. The molecule has 1 heterocycles. The second kappa shape index (κ2) is 11.9. The molecule has 0 unspecified atom stereocenters. The van der Waals surface area contributed by atoms with Gasteiger partial charge in [-0.2, -0.15) is 0 Å². The number of unbranched alkanes of at least 4 members (excludes halogenated alkanes) is 1. The zero-order valence-corrected chi connectivity index (χ0v) is 18.4. The smallest absolute Gasteiger partial charge is 0.246 e. The molecule has 3 amide bonds. The maximum Gasteiger partial charge on any atom is 0.246 e. The summed E-state index contributed by atoms with van der Waals surface area (Å²) in [5.74, 6) is -1.12. The second-order valence-electron chi connectivity index (χ2n) is 8.58. The van der Waals surface area contributed by atoms with E-state index in [1.54, 1.807) is 0 Å². The third kappa shape index (κ3) is 7.10. The van der Waals surface area contributed by atoms with E-state index in [1.807, 2.05) is 34.6 Å². The maximum absolute atomic E-state index is 13.2. The van der Waals surface area contributed by atoms with Gasteiger partial charge in [0.05, 0.1) is 12.1 Å². The first-order valence-corrected chi connectivity index (χ1v) is 10.8. The lowest BCUT2D eigenvalue weighted by atomic mass is 10.0. The predicted molar refractivity (Wildman–Crippen MR) is 112 cm³/mol. The third-order valence-corrected chi connectivity index (χ3v) is 5.45. The summed E-state index contributed by atoms with van der Waals surface area (Å²) in [6.45, 7) is 9.88. The van der Waals surface area contributed by atoms with E-state index in [9.17, 15) is 19.2 Å². The van der Waals surface area contributed by atoms with Gasteiger partial charge < -0.3 is 26.1 Å². The highest BCUT2D eigenvalue weighted by atomic mass is 16.2. The molecule has 1 saturated heterocycles. The van der Waals surface area contributed by atoms with Crippen molar-refractivity contribution in [1.29, 1.82) is 0 Å². The van der Waals surface area contributed by atoms with E-state index in [0.717, 1.165) is 19.1 Å². The van der Waals surface area contributed by atoms with Gasteiger partial charge in [0.25, 0.3) is 0 Å². The monoisotopic (exact) mass is 410 g/mol. The van der Waals surface area contributed by atoms with E-state index < -0.39 is 24.2 Å². The topological polar surface area (TPSA) is 122 Å². The Morgan fingerprint density at radius 1 is 1.14 bits per heavy atom. The van der Waals surface area contributed by atoms with Crippen LogP contribution in [0, 0.1) is 11.8 Å². The van der Waals surface area contributed by atoms with Crippen molar-refractivity contribution in [3.8, 4) is 0 Å². The zero-order valence-electron chi connectivity index (χ0n) is 18.4. The number of nitrogens with zero attached hydrogens (tertiary/aromatic N) is 1. The number of rotatable bonds is 11. The fourth-order valence-corrected chi connectivity index (χ4v) is 3.43. The lowest BCUT2D eigenvalue weighted by Crippen LogP contribution is -2.58. The van der Waals surface area contributed by atoms with Crippen molar-refractivity contribution < 1.29 is 19.2 Å². The molecule has 0 aromatic heterocycles. The Labute approximate surface area is 174 Å². The molecular formula is C21H38N4O4. The Bertz CT molecular complexity index is 579. The van der Waals surface area contributed by atoms with Crippen LogP contribution in [-0.2, 0) is 19.2 Å². The summed E-state index contributed by atoms with van der Waals surface area (Å²) in [5.41, 5.74) is 5.95. The summed E-state index contributed by atoms with van der Waals surface area (Å²) in [6, 6.07) is -2.61. The molecule has 8 heteroatoms. The van der Waals surface area contributed by atoms with Crippen LogP contribution < -0.4 is 16.4 Å². The molecule has 1 fully saturated rings. The molecule has 166 valence electrons. The van der Waals surface area contributed by atoms with Crippen LogP contribution in [0.2, 0.25) is 0 Å². The van der Waals surface area contributed by atoms with E-state index in [1.165, 1.54) is 4.90 Å². The first-order valence-electron chi connectivity index (χ1n) is 10.8. The third-order valence-electron chi connectivity index (χ3n) is 5.45. The molecule has 29 heavy (non-hydrogen) atoms. The first kappa shape index (κ1) is 25.1. The van der Waals surface area contributed by atoms with Crippen LogP contribution in [0.15, 0.2) is 0 Å². The lowest BCUT2D eigenvalue weighted by Gasteiger charge is -2.31. The van der Waals surface area contributed by atoms with Gasteiger partial charge in [0, 0.05) is 6.54 Å². The van der Waals surface area contributed by atoms with Gasteiger partial charge in [0.1, 0.15) is 18.4 Å². The van der Waals surface area contributed by atoms with Gasteiger partial charge in [-0.05, 0) is 31.1 Å². The molecule has 0 aromatic carbocycles. The van der Waals surface area contributed by atoms with Gasteiger partial charge in [-0.1, -0.05) is 47.5 Å². The average Bonchev–Trinajstić information content (AvgIpc) is 3.16. The van der Waals surface area contributed by atoms with E-state index in [0.29, 0.717) is 25.8 Å². The van der Waals surface area contributed by atoms with Crippen LogP contribution >= 0.6 is 0 Å². The standard InChI is InChI=1S/C21H38N4O4/c1-6-7-9-15(22)19(27)24-18(14(4)5)21(29)25-11-8-10-17(25)20(28)23-16(12-26)13(2)3/h12-18H,6-11,22H2,1-5H3,(H,23,28)(H,24,27)/t15-,16+,17-,18-/m0/s1. The van der Waals surface area contributed by atoms with Crippen molar-refractivity contribution in [1.82, 2.24) is 15.5 Å². The van der Waals surface area contributed by atoms with Gasteiger partial charge >= 0.3 is 0 Å². The van der Waals surface area contributed by atoms with Gasteiger partial charge in [0.2, 0.25) is 17.7 Å². The fraction of sp³-hybridized carbons (Fsp3) is 0.810. The van der Waals surface area contributed by atoms with Crippen molar-refractivity contribution in [3.63, 3.8) is 0 Å². The van der Waals surface area contributed by atoms with Crippen molar-refractivity contribution in [3.05, 3.63) is 0 Å². The number of aldehydes is 1. The highest BCUT2D eigenvalue weighted by Gasteiger charge is 2.39. The Kier molecular flexibility index (Phi) is 10.3. The Hall–Kier alpha value is -1.96. The number of nitrogens with one attached hydrogen (secondary N) is 2. The Morgan fingerprint density at radius 3 is 2.31 bits per heavy atom. The number of hydrogen-bond acceptors (Lipinski definition) is 5. The van der Waals surface area contributed by atoms with Gasteiger partial charge in [0.15, 0.2) is 0 Å². The summed E-state index contributed by atoms with van der Waals surface area (Å²) >= 11 is 0. The Morgan fingerprint density at radius 2 is 1.79 bits per heavy atom. The van der Waals surface area contributed by atoms with Crippen molar-refractivity contribution in [2.75, 3.05) is 6.54 Å². The molecule has 0 aromatic rings. The minimum Gasteiger partial charge on any atom is -0.345 e. The van der Waals surface area contributed by atoms with E-state index in [2.05, 4.69) is 10.6 Å². The van der Waals surface area contributed by atoms with Crippen LogP contribution in [-0.4, -0.2) is 59.6 Å². The number of amides is 3. The number of hydrogen-bond donors (Lipinski definition) is 3.